The number of hydrogen-bond acceptors (Lipinski definition) is 7. The first-order valence-corrected chi connectivity index (χ1v) is 10.7. The van der Waals surface area contributed by atoms with Gasteiger partial charge in [0.1, 0.15) is 5.60 Å². The molecular weight excluding hydrogens is 377 g/mol. The molecule has 0 spiro atoms. The van der Waals surface area contributed by atoms with Gasteiger partial charge in [0.25, 0.3) is 5.91 Å². The number of phosphoric ester groups is 1. The van der Waals surface area contributed by atoms with Crippen molar-refractivity contribution in [2.24, 2.45) is 5.92 Å². The van der Waals surface area contributed by atoms with Crippen molar-refractivity contribution >= 4 is 19.7 Å². The van der Waals surface area contributed by atoms with Crippen LogP contribution in [0.3, 0.4) is 0 Å². The monoisotopic (exact) mass is 411 g/mol. The summed E-state index contributed by atoms with van der Waals surface area (Å²) in [6.45, 7) is 9.35. The number of esters is 1. The number of rotatable bonds is 15. The lowest BCUT2D eigenvalue weighted by Crippen LogP contribution is -2.47. The molecule has 0 radical (unpaired) electrons. The molecule has 0 fully saturated rings. The van der Waals surface area contributed by atoms with Crippen LogP contribution in [0.2, 0.25) is 0 Å². The molecule has 27 heavy (non-hydrogen) atoms. The van der Waals surface area contributed by atoms with Gasteiger partial charge >= 0.3 is 13.8 Å². The summed E-state index contributed by atoms with van der Waals surface area (Å²) in [4.78, 5) is 32.4. The van der Waals surface area contributed by atoms with Crippen molar-refractivity contribution in [3.05, 3.63) is 0 Å². The van der Waals surface area contributed by atoms with Crippen LogP contribution in [0.15, 0.2) is 0 Å². The molecule has 0 aliphatic carbocycles. The Bertz CT molecular complexity index is 499. The number of carbonyl (C=O) groups excluding carboxylic acids is 2. The van der Waals surface area contributed by atoms with Gasteiger partial charge in [-0.15, -0.1) is 0 Å². The second kappa shape index (κ2) is 13.2. The van der Waals surface area contributed by atoms with Gasteiger partial charge in [0, 0.05) is 26.5 Å². The molecule has 0 aliphatic heterocycles. The Labute approximate surface area is 161 Å². The molecule has 2 unspecified atom stereocenters. The van der Waals surface area contributed by atoms with Crippen molar-refractivity contribution in [3.63, 3.8) is 0 Å². The Morgan fingerprint density at radius 2 is 1.78 bits per heavy atom. The predicted octanol–water partition coefficient (Wildman–Crippen LogP) is 2.42. The molecule has 0 saturated heterocycles. The van der Waals surface area contributed by atoms with Crippen LogP contribution in [0.4, 0.5) is 0 Å². The van der Waals surface area contributed by atoms with E-state index < -0.39 is 19.4 Å². The Kier molecular flexibility index (Phi) is 12.7. The second-order valence-corrected chi connectivity index (χ2v) is 8.15. The van der Waals surface area contributed by atoms with Gasteiger partial charge in [0.05, 0.1) is 19.8 Å². The van der Waals surface area contributed by atoms with Gasteiger partial charge in [0.2, 0.25) is 0 Å². The molecule has 0 saturated carbocycles. The van der Waals surface area contributed by atoms with Crippen LogP contribution in [0, 0.1) is 5.92 Å². The van der Waals surface area contributed by atoms with E-state index in [9.17, 15) is 19.0 Å². The summed E-state index contributed by atoms with van der Waals surface area (Å²) in [5.74, 6) is -0.246. The molecule has 10 heteroatoms. The molecule has 0 bridgehead atoms. The number of phosphoric acid groups is 1. The summed E-state index contributed by atoms with van der Waals surface area (Å²) < 4.78 is 31.6. The Morgan fingerprint density at radius 1 is 1.15 bits per heavy atom. The van der Waals surface area contributed by atoms with E-state index >= 15 is 0 Å². The molecule has 0 aromatic heterocycles. The molecule has 0 aliphatic rings. The number of ether oxygens (including phenoxy) is 2. The molecule has 9 nitrogen and oxygen atoms in total. The summed E-state index contributed by atoms with van der Waals surface area (Å²) in [7, 11) is -4.22. The average Bonchev–Trinajstić information content (AvgIpc) is 2.57. The van der Waals surface area contributed by atoms with Crippen LogP contribution in [0.1, 0.15) is 53.9 Å². The zero-order valence-electron chi connectivity index (χ0n) is 17.0. The quantitative estimate of drug-likeness (QED) is 0.239. The number of carbonyl (C=O) groups is 2. The minimum atomic E-state index is -4.22. The van der Waals surface area contributed by atoms with E-state index in [0.717, 1.165) is 6.42 Å². The van der Waals surface area contributed by atoms with Gasteiger partial charge < -0.3 is 19.7 Å². The maximum atomic E-state index is 12.3. The third-order valence-corrected chi connectivity index (χ3v) is 4.78. The van der Waals surface area contributed by atoms with Crippen LogP contribution >= 0.6 is 7.82 Å². The zero-order chi connectivity index (χ0) is 20.9. The lowest BCUT2D eigenvalue weighted by atomic mass is 10.0. The van der Waals surface area contributed by atoms with E-state index in [4.69, 9.17) is 13.8 Å². The SMILES string of the molecule is CCC(C)(OCCC(C)C)C(=O)NCCOP(=O)(O)OCCCOC(C)=O. The third-order valence-electron chi connectivity index (χ3n) is 3.76. The molecule has 160 valence electrons. The topological polar surface area (TPSA) is 120 Å². The Morgan fingerprint density at radius 3 is 2.33 bits per heavy atom. The molecule has 1 amide bonds. The highest BCUT2D eigenvalue weighted by Crippen LogP contribution is 2.42. The van der Waals surface area contributed by atoms with Crippen LogP contribution < -0.4 is 5.32 Å². The summed E-state index contributed by atoms with van der Waals surface area (Å²) in [6, 6.07) is 0. The van der Waals surface area contributed by atoms with Crippen molar-refractivity contribution in [1.82, 2.24) is 5.32 Å². The first kappa shape index (κ1) is 26.0. The minimum absolute atomic E-state index is 0.0450. The van der Waals surface area contributed by atoms with Crippen molar-refractivity contribution in [2.75, 3.05) is 33.0 Å². The normalized spacial score (nSPS) is 15.8. The van der Waals surface area contributed by atoms with Crippen LogP contribution in [-0.4, -0.2) is 55.3 Å². The largest absolute Gasteiger partial charge is 0.472 e. The van der Waals surface area contributed by atoms with Crippen LogP contribution in [0.25, 0.3) is 0 Å². The van der Waals surface area contributed by atoms with E-state index in [2.05, 4.69) is 23.9 Å². The maximum Gasteiger partial charge on any atom is 0.472 e. The molecule has 2 atom stereocenters. The summed E-state index contributed by atoms with van der Waals surface area (Å²) in [5, 5.41) is 2.64. The first-order valence-electron chi connectivity index (χ1n) is 9.20. The van der Waals surface area contributed by atoms with Gasteiger partial charge in [-0.3, -0.25) is 18.6 Å². The van der Waals surface area contributed by atoms with Crippen LogP contribution in [-0.2, 0) is 32.7 Å². The van der Waals surface area contributed by atoms with E-state index in [0.29, 0.717) is 18.9 Å². The van der Waals surface area contributed by atoms with Crippen molar-refractivity contribution in [2.45, 2.75) is 59.5 Å². The fourth-order valence-electron chi connectivity index (χ4n) is 1.85. The van der Waals surface area contributed by atoms with Crippen molar-refractivity contribution < 1.29 is 37.6 Å². The fraction of sp³-hybridized carbons (Fsp3) is 0.882. The zero-order valence-corrected chi connectivity index (χ0v) is 17.9. The van der Waals surface area contributed by atoms with E-state index in [1.54, 1.807) is 6.92 Å². The highest BCUT2D eigenvalue weighted by atomic mass is 31.2. The summed E-state index contributed by atoms with van der Waals surface area (Å²) in [6.07, 6.45) is 1.63. The highest BCUT2D eigenvalue weighted by Gasteiger charge is 2.32. The van der Waals surface area contributed by atoms with Gasteiger partial charge in [0.15, 0.2) is 0 Å². The third kappa shape index (κ3) is 12.9. The highest BCUT2D eigenvalue weighted by molar-refractivity contribution is 7.47. The maximum absolute atomic E-state index is 12.3. The number of nitrogens with one attached hydrogen (secondary N) is 1. The summed E-state index contributed by atoms with van der Waals surface area (Å²) in [5.41, 5.74) is -0.953. The van der Waals surface area contributed by atoms with E-state index in [1.807, 2.05) is 6.92 Å². The van der Waals surface area contributed by atoms with Crippen molar-refractivity contribution in [1.29, 1.82) is 0 Å². The average molecular weight is 411 g/mol. The molecular formula is C17H34NO8P. The first-order chi connectivity index (χ1) is 12.5. The smallest absolute Gasteiger partial charge is 0.466 e. The standard InChI is InChI=1S/C17H34NO8P/c1-6-17(5,24-12-8-14(2)3)16(20)18-9-13-26-27(21,22)25-11-7-10-23-15(4)19/h14H,6-13H2,1-5H3,(H,18,20)(H,21,22). The molecule has 0 aromatic carbocycles. The molecule has 0 aromatic rings. The lowest BCUT2D eigenvalue weighted by molar-refractivity contribution is -0.146. The Hall–Kier alpha value is -0.990. The fourth-order valence-corrected chi connectivity index (χ4v) is 2.61. The Balaban J connectivity index is 4.09. The number of hydrogen-bond donors (Lipinski definition) is 2. The van der Waals surface area contributed by atoms with E-state index in [-0.39, 0.29) is 38.7 Å². The minimum Gasteiger partial charge on any atom is -0.466 e. The number of amides is 1. The van der Waals surface area contributed by atoms with Gasteiger partial charge in [-0.2, -0.15) is 0 Å². The predicted molar refractivity (Wildman–Crippen MR) is 100 cm³/mol. The second-order valence-electron chi connectivity index (χ2n) is 6.70. The molecule has 0 heterocycles. The lowest BCUT2D eigenvalue weighted by Gasteiger charge is -2.27. The van der Waals surface area contributed by atoms with Gasteiger partial charge in [-0.05, 0) is 25.7 Å². The van der Waals surface area contributed by atoms with Crippen molar-refractivity contribution in [3.8, 4) is 0 Å². The van der Waals surface area contributed by atoms with Gasteiger partial charge in [-0.25, -0.2) is 4.57 Å². The molecule has 2 N–H and O–H groups in total. The van der Waals surface area contributed by atoms with E-state index in [1.165, 1.54) is 6.92 Å². The van der Waals surface area contributed by atoms with Crippen LogP contribution in [0.5, 0.6) is 0 Å². The molecule has 0 rings (SSSR count). The van der Waals surface area contributed by atoms with Gasteiger partial charge in [-0.1, -0.05) is 20.8 Å². The summed E-state index contributed by atoms with van der Waals surface area (Å²) >= 11 is 0.